The van der Waals surface area contributed by atoms with E-state index in [1.165, 1.54) is 17.4 Å². The minimum absolute atomic E-state index is 0.302. The molecule has 1 heterocycles. The topological polar surface area (TPSA) is 105 Å². The fourth-order valence-electron chi connectivity index (χ4n) is 2.95. The van der Waals surface area contributed by atoms with Crippen LogP contribution >= 0.6 is 11.3 Å². The first-order chi connectivity index (χ1) is 15.1. The summed E-state index contributed by atoms with van der Waals surface area (Å²) in [6, 6.07) is 12.1. The highest BCUT2D eigenvalue weighted by Gasteiger charge is 2.26. The molecule has 32 heavy (non-hydrogen) atoms. The number of hydrogen-bond acceptors (Lipinski definition) is 5. The molecule has 0 aliphatic carbocycles. The van der Waals surface area contributed by atoms with E-state index < -0.39 is 35.7 Å². The van der Waals surface area contributed by atoms with E-state index in [0.717, 1.165) is 16.5 Å². The summed E-state index contributed by atoms with van der Waals surface area (Å²) in [5.74, 6) is -1.50. The Hall–Kier alpha value is -3.13. The number of amides is 2. The van der Waals surface area contributed by atoms with Crippen molar-refractivity contribution in [3.05, 3.63) is 70.4 Å². The van der Waals surface area contributed by atoms with Crippen molar-refractivity contribution in [2.45, 2.75) is 57.7 Å². The lowest BCUT2D eigenvalue weighted by Gasteiger charge is -2.24. The number of carboxylic acid groups (broad SMARTS) is 1. The Balaban J connectivity index is 2.11. The van der Waals surface area contributed by atoms with E-state index in [1.54, 1.807) is 20.8 Å². The van der Waals surface area contributed by atoms with Gasteiger partial charge in [-0.15, -0.1) is 11.3 Å². The maximum atomic E-state index is 13.1. The minimum Gasteiger partial charge on any atom is -0.478 e. The average Bonchev–Trinajstić information content (AvgIpc) is 3.22. The van der Waals surface area contributed by atoms with Gasteiger partial charge in [0.15, 0.2) is 0 Å². The number of carbonyl (C=O) groups is 3. The van der Waals surface area contributed by atoms with Gasteiger partial charge in [0.1, 0.15) is 11.6 Å². The van der Waals surface area contributed by atoms with Gasteiger partial charge < -0.3 is 20.5 Å². The van der Waals surface area contributed by atoms with Gasteiger partial charge in [-0.05, 0) is 50.6 Å². The second-order valence-electron chi connectivity index (χ2n) is 8.32. The van der Waals surface area contributed by atoms with Crippen molar-refractivity contribution in [1.82, 2.24) is 10.6 Å². The van der Waals surface area contributed by atoms with Crippen molar-refractivity contribution >= 4 is 29.3 Å². The number of carboxylic acids is 1. The van der Waals surface area contributed by atoms with Crippen LogP contribution in [0.5, 0.6) is 0 Å². The molecule has 2 aromatic rings. The molecule has 2 amide bonds. The number of aryl methyl sites for hydroxylation is 1. The first kappa shape index (κ1) is 25.1. The summed E-state index contributed by atoms with van der Waals surface area (Å²) in [6.07, 6.45) is 3.26. The molecule has 2 rings (SSSR count). The molecular formula is C24H30N2O5S. The van der Waals surface area contributed by atoms with Gasteiger partial charge in [0.25, 0.3) is 0 Å². The summed E-state index contributed by atoms with van der Waals surface area (Å²) < 4.78 is 5.31. The van der Waals surface area contributed by atoms with Crippen molar-refractivity contribution in [3.8, 4) is 0 Å². The van der Waals surface area contributed by atoms with Gasteiger partial charge in [-0.1, -0.05) is 42.5 Å². The maximum Gasteiger partial charge on any atom is 0.408 e. The molecule has 8 heteroatoms. The molecule has 2 atom stereocenters. The zero-order chi connectivity index (χ0) is 23.6. The lowest BCUT2D eigenvalue weighted by Crippen LogP contribution is -2.51. The molecule has 7 nitrogen and oxygen atoms in total. The summed E-state index contributed by atoms with van der Waals surface area (Å²) >= 11 is 1.49. The minimum atomic E-state index is -1.09. The molecule has 0 fully saturated rings. The highest BCUT2D eigenvalue weighted by molar-refractivity contribution is 7.09. The number of rotatable bonds is 10. The second kappa shape index (κ2) is 12.0. The van der Waals surface area contributed by atoms with Crippen LogP contribution in [0.1, 0.15) is 37.6 Å². The van der Waals surface area contributed by atoms with Gasteiger partial charge in [0, 0.05) is 23.4 Å². The molecule has 0 bridgehead atoms. The Bertz CT molecular complexity index is 904. The fraction of sp³-hybridized carbons (Fsp3) is 0.375. The van der Waals surface area contributed by atoms with E-state index >= 15 is 0 Å². The first-order valence-electron chi connectivity index (χ1n) is 10.4. The highest BCUT2D eigenvalue weighted by atomic mass is 32.1. The Morgan fingerprint density at radius 3 is 2.41 bits per heavy atom. The average molecular weight is 459 g/mol. The summed E-state index contributed by atoms with van der Waals surface area (Å²) in [5.41, 5.74) is 0.383. The van der Waals surface area contributed by atoms with Crippen LogP contribution in [0.15, 0.2) is 60.0 Å². The van der Waals surface area contributed by atoms with Crippen LogP contribution < -0.4 is 10.6 Å². The van der Waals surface area contributed by atoms with Crippen molar-refractivity contribution in [1.29, 1.82) is 0 Å². The summed E-state index contributed by atoms with van der Waals surface area (Å²) in [7, 11) is 0. The largest absolute Gasteiger partial charge is 0.478 e. The van der Waals surface area contributed by atoms with Gasteiger partial charge in [0.2, 0.25) is 5.91 Å². The summed E-state index contributed by atoms with van der Waals surface area (Å²) in [6.45, 7) is 5.24. The third kappa shape index (κ3) is 9.78. The number of nitrogens with one attached hydrogen (secondary N) is 2. The maximum absolute atomic E-state index is 13.1. The van der Waals surface area contributed by atoms with Crippen molar-refractivity contribution in [3.63, 3.8) is 0 Å². The Morgan fingerprint density at radius 1 is 1.09 bits per heavy atom. The molecule has 1 aromatic carbocycles. The van der Waals surface area contributed by atoms with Crippen LogP contribution in [-0.4, -0.2) is 40.8 Å². The molecule has 0 spiro atoms. The predicted molar refractivity (Wildman–Crippen MR) is 125 cm³/mol. The molecule has 0 aliphatic heterocycles. The lowest BCUT2D eigenvalue weighted by molar-refractivity contribution is -0.131. The SMILES string of the molecule is CC(C)(C)OC(=O)N[C@@H](Cc1cccs1)C(=O)N[C@H](C=CC(=O)O)CCc1ccccc1. The van der Waals surface area contributed by atoms with Crippen molar-refractivity contribution in [2.75, 3.05) is 0 Å². The third-order valence-corrected chi connectivity index (χ3v) is 5.28. The quantitative estimate of drug-likeness (QED) is 0.468. The molecule has 172 valence electrons. The number of ether oxygens (including phenoxy) is 1. The predicted octanol–water partition coefficient (Wildman–Crippen LogP) is 3.94. The molecule has 0 radical (unpaired) electrons. The smallest absolute Gasteiger partial charge is 0.408 e. The van der Waals surface area contributed by atoms with Gasteiger partial charge in [-0.3, -0.25) is 4.79 Å². The van der Waals surface area contributed by atoms with Crippen LogP contribution in [0.4, 0.5) is 4.79 Å². The number of thiophene rings is 1. The molecule has 0 aliphatic rings. The Labute approximate surface area is 192 Å². The highest BCUT2D eigenvalue weighted by Crippen LogP contribution is 2.14. The monoisotopic (exact) mass is 458 g/mol. The number of benzene rings is 1. The normalized spacial score (nSPS) is 13.3. The molecular weight excluding hydrogens is 428 g/mol. The van der Waals surface area contributed by atoms with E-state index in [1.807, 2.05) is 47.8 Å². The van der Waals surface area contributed by atoms with E-state index in [2.05, 4.69) is 10.6 Å². The summed E-state index contributed by atoms with van der Waals surface area (Å²) in [4.78, 5) is 37.3. The number of hydrogen-bond donors (Lipinski definition) is 3. The molecule has 0 saturated heterocycles. The standard InChI is InChI=1S/C24H30N2O5S/c1-24(2,3)31-23(30)26-20(16-19-10-7-15-32-19)22(29)25-18(13-14-21(27)28)12-11-17-8-5-4-6-9-17/h4-10,13-15,18,20H,11-12,16H2,1-3H3,(H,25,29)(H,26,30)(H,27,28)/t18-,20-/m0/s1. The molecule has 0 unspecified atom stereocenters. The van der Waals surface area contributed by atoms with Gasteiger partial charge in [0.05, 0.1) is 0 Å². The number of alkyl carbamates (subject to hydrolysis) is 1. The number of carbonyl (C=O) groups excluding carboxylic acids is 2. The van der Waals surface area contributed by atoms with Crippen molar-refractivity contribution in [2.24, 2.45) is 0 Å². The van der Waals surface area contributed by atoms with E-state index in [0.29, 0.717) is 19.3 Å². The fourth-order valence-corrected chi connectivity index (χ4v) is 3.71. The van der Waals surface area contributed by atoms with E-state index in [-0.39, 0.29) is 0 Å². The van der Waals surface area contributed by atoms with E-state index in [4.69, 9.17) is 9.84 Å². The second-order valence-corrected chi connectivity index (χ2v) is 9.35. The van der Waals surface area contributed by atoms with Gasteiger partial charge >= 0.3 is 12.1 Å². The van der Waals surface area contributed by atoms with Gasteiger partial charge in [-0.25, -0.2) is 9.59 Å². The Kier molecular flexibility index (Phi) is 9.46. The van der Waals surface area contributed by atoms with Crippen LogP contribution in [-0.2, 0) is 27.2 Å². The molecule has 0 saturated carbocycles. The van der Waals surface area contributed by atoms with Crippen molar-refractivity contribution < 1.29 is 24.2 Å². The summed E-state index contributed by atoms with van der Waals surface area (Å²) in [5, 5.41) is 16.4. The third-order valence-electron chi connectivity index (χ3n) is 4.38. The van der Waals surface area contributed by atoms with Gasteiger partial charge in [-0.2, -0.15) is 0 Å². The molecule has 1 aromatic heterocycles. The first-order valence-corrected chi connectivity index (χ1v) is 11.3. The van der Waals surface area contributed by atoms with Crippen LogP contribution in [0.25, 0.3) is 0 Å². The van der Waals surface area contributed by atoms with Crippen LogP contribution in [0, 0.1) is 0 Å². The van der Waals surface area contributed by atoms with E-state index in [9.17, 15) is 14.4 Å². The Morgan fingerprint density at radius 2 is 1.81 bits per heavy atom. The molecule has 3 N–H and O–H groups in total. The zero-order valence-corrected chi connectivity index (χ0v) is 19.4. The van der Waals surface area contributed by atoms with Crippen LogP contribution in [0.3, 0.4) is 0 Å². The number of aliphatic carboxylic acids is 1. The lowest BCUT2D eigenvalue weighted by atomic mass is 10.0. The van der Waals surface area contributed by atoms with Crippen LogP contribution in [0.2, 0.25) is 0 Å². The zero-order valence-electron chi connectivity index (χ0n) is 18.5.